The van der Waals surface area contributed by atoms with E-state index >= 15 is 0 Å². The maximum Gasteiger partial charge on any atom is 0.148 e. The van der Waals surface area contributed by atoms with Gasteiger partial charge in [-0.1, -0.05) is 12.1 Å². The highest BCUT2D eigenvalue weighted by molar-refractivity contribution is 7.12. The number of aryl methyl sites for hydroxylation is 2. The van der Waals surface area contributed by atoms with Gasteiger partial charge >= 0.3 is 0 Å². The molecular formula is C22H26FN3O2S. The van der Waals surface area contributed by atoms with Gasteiger partial charge in [-0.15, -0.1) is 11.3 Å². The van der Waals surface area contributed by atoms with Crippen LogP contribution in [0.4, 0.5) is 4.39 Å². The van der Waals surface area contributed by atoms with E-state index < -0.39 is 0 Å². The molecule has 3 heterocycles. The predicted octanol–water partition coefficient (Wildman–Crippen LogP) is 4.20. The van der Waals surface area contributed by atoms with E-state index in [9.17, 15) is 4.39 Å². The highest BCUT2D eigenvalue weighted by atomic mass is 32.1. The molecule has 0 N–H and O–H groups in total. The zero-order chi connectivity index (χ0) is 20.4. The van der Waals surface area contributed by atoms with Crippen molar-refractivity contribution in [3.05, 3.63) is 57.7 Å². The topological polar surface area (TPSA) is 39.5 Å². The van der Waals surface area contributed by atoms with E-state index in [-0.39, 0.29) is 11.9 Å². The molecule has 0 amide bonds. The summed E-state index contributed by atoms with van der Waals surface area (Å²) < 4.78 is 27.3. The molecule has 1 saturated heterocycles. The number of aromatic nitrogens is 2. The zero-order valence-corrected chi connectivity index (χ0v) is 17.8. The summed E-state index contributed by atoms with van der Waals surface area (Å²) in [6.45, 7) is 7.59. The maximum atomic E-state index is 14.4. The number of likely N-dealkylation sites (N-methyl/N-ethyl adjacent to an activating group) is 1. The molecule has 0 spiro atoms. The van der Waals surface area contributed by atoms with Crippen molar-refractivity contribution in [3.63, 3.8) is 0 Å². The first kappa shape index (κ1) is 20.2. The molecule has 1 aromatic carbocycles. The molecule has 5 nitrogen and oxygen atoms in total. The Balaban J connectivity index is 1.65. The molecule has 0 bridgehead atoms. The lowest BCUT2D eigenvalue weighted by atomic mass is 10.1. The lowest BCUT2D eigenvalue weighted by Crippen LogP contribution is -2.38. The van der Waals surface area contributed by atoms with Crippen molar-refractivity contribution in [2.75, 3.05) is 33.4 Å². The number of thiophene rings is 1. The highest BCUT2D eigenvalue weighted by Crippen LogP contribution is 2.33. The van der Waals surface area contributed by atoms with Crippen molar-refractivity contribution in [2.24, 2.45) is 0 Å². The fourth-order valence-corrected chi connectivity index (χ4v) is 4.65. The monoisotopic (exact) mass is 415 g/mol. The Hall–Kier alpha value is -2.06. The van der Waals surface area contributed by atoms with Gasteiger partial charge < -0.3 is 9.47 Å². The molecular weight excluding hydrogens is 389 g/mol. The molecule has 1 atom stereocenters. The van der Waals surface area contributed by atoms with E-state index in [0.29, 0.717) is 32.1 Å². The molecule has 2 aromatic heterocycles. The largest absolute Gasteiger partial charge is 0.376 e. The van der Waals surface area contributed by atoms with Crippen LogP contribution >= 0.6 is 11.3 Å². The van der Waals surface area contributed by atoms with Gasteiger partial charge in [0.1, 0.15) is 11.5 Å². The van der Waals surface area contributed by atoms with Gasteiger partial charge in [0.05, 0.1) is 31.6 Å². The molecule has 0 aliphatic carbocycles. The van der Waals surface area contributed by atoms with Gasteiger partial charge in [-0.05, 0) is 39.1 Å². The van der Waals surface area contributed by atoms with Crippen LogP contribution in [0, 0.1) is 19.7 Å². The summed E-state index contributed by atoms with van der Waals surface area (Å²) in [5, 5.41) is 4.79. The van der Waals surface area contributed by atoms with Gasteiger partial charge in [-0.2, -0.15) is 5.10 Å². The van der Waals surface area contributed by atoms with Gasteiger partial charge in [-0.3, -0.25) is 4.90 Å². The molecule has 7 heteroatoms. The van der Waals surface area contributed by atoms with E-state index in [2.05, 4.69) is 31.9 Å². The lowest BCUT2D eigenvalue weighted by molar-refractivity contribution is -0.0962. The molecule has 0 saturated carbocycles. The first-order valence-electron chi connectivity index (χ1n) is 9.80. The van der Waals surface area contributed by atoms with Crippen molar-refractivity contribution < 1.29 is 13.9 Å². The van der Waals surface area contributed by atoms with Gasteiger partial charge in [0, 0.05) is 40.2 Å². The summed E-state index contributed by atoms with van der Waals surface area (Å²) in [4.78, 5) is 4.67. The highest BCUT2D eigenvalue weighted by Gasteiger charge is 2.21. The molecule has 1 fully saturated rings. The predicted molar refractivity (Wildman–Crippen MR) is 113 cm³/mol. The van der Waals surface area contributed by atoms with Crippen LogP contribution in [0.1, 0.15) is 15.3 Å². The molecule has 1 aliphatic rings. The van der Waals surface area contributed by atoms with Crippen molar-refractivity contribution in [3.8, 4) is 16.9 Å². The Morgan fingerprint density at radius 1 is 1.28 bits per heavy atom. The normalized spacial score (nSPS) is 17.2. The van der Waals surface area contributed by atoms with E-state index in [1.165, 1.54) is 15.8 Å². The van der Waals surface area contributed by atoms with Crippen LogP contribution in [-0.4, -0.2) is 54.2 Å². The van der Waals surface area contributed by atoms with Crippen LogP contribution in [0.2, 0.25) is 0 Å². The molecule has 154 valence electrons. The second kappa shape index (κ2) is 8.75. The molecule has 4 rings (SSSR count). The van der Waals surface area contributed by atoms with E-state index in [1.807, 2.05) is 12.3 Å². The third kappa shape index (κ3) is 4.59. The van der Waals surface area contributed by atoms with Crippen LogP contribution in [0.15, 0.2) is 36.5 Å². The Morgan fingerprint density at radius 2 is 2.10 bits per heavy atom. The minimum Gasteiger partial charge on any atom is -0.376 e. The van der Waals surface area contributed by atoms with Crippen molar-refractivity contribution in [2.45, 2.75) is 26.5 Å². The number of nitrogens with zero attached hydrogens (tertiary/aromatic N) is 3. The smallest absolute Gasteiger partial charge is 0.148 e. The van der Waals surface area contributed by atoms with Gasteiger partial charge in [0.15, 0.2) is 0 Å². The summed E-state index contributed by atoms with van der Waals surface area (Å²) in [7, 11) is 2.06. The van der Waals surface area contributed by atoms with Gasteiger partial charge in [0.25, 0.3) is 0 Å². The standard InChI is InChI=1S/C22H26FN3O2S/c1-15-10-19(16(2)29-15)22-17(11-25(3)13-18-14-27-8-9-28-18)12-26(24-22)21-7-5-4-6-20(21)23/h4-7,10,12,18H,8-9,11,13-14H2,1-3H3/t18-/m0/s1. The summed E-state index contributed by atoms with van der Waals surface area (Å²) in [5.74, 6) is -0.285. The third-order valence-corrected chi connectivity index (χ3v) is 5.99. The summed E-state index contributed by atoms with van der Waals surface area (Å²) >= 11 is 1.75. The Kier molecular flexibility index (Phi) is 6.10. The first-order chi connectivity index (χ1) is 14.0. The maximum absolute atomic E-state index is 14.4. The second-order valence-electron chi connectivity index (χ2n) is 7.49. The van der Waals surface area contributed by atoms with Crippen molar-refractivity contribution >= 4 is 11.3 Å². The summed E-state index contributed by atoms with van der Waals surface area (Å²) in [6.07, 6.45) is 2.01. The van der Waals surface area contributed by atoms with Crippen molar-refractivity contribution in [1.29, 1.82) is 0 Å². The fourth-order valence-electron chi connectivity index (χ4n) is 3.72. The first-order valence-corrected chi connectivity index (χ1v) is 10.6. The van der Waals surface area contributed by atoms with Crippen LogP contribution in [-0.2, 0) is 16.0 Å². The Bertz CT molecular complexity index is 978. The summed E-state index contributed by atoms with van der Waals surface area (Å²) in [5.41, 5.74) is 3.54. The van der Waals surface area contributed by atoms with E-state index in [4.69, 9.17) is 14.6 Å². The fraction of sp³-hybridized carbons (Fsp3) is 0.409. The van der Waals surface area contributed by atoms with Crippen LogP contribution in [0.5, 0.6) is 0 Å². The minimum atomic E-state index is -0.285. The van der Waals surface area contributed by atoms with Crippen LogP contribution in [0.25, 0.3) is 16.9 Å². The summed E-state index contributed by atoms with van der Waals surface area (Å²) in [6, 6.07) is 8.89. The number of para-hydroxylation sites is 1. The van der Waals surface area contributed by atoms with E-state index in [0.717, 1.165) is 23.4 Å². The van der Waals surface area contributed by atoms with Crippen LogP contribution < -0.4 is 0 Å². The number of benzene rings is 1. The van der Waals surface area contributed by atoms with Crippen molar-refractivity contribution in [1.82, 2.24) is 14.7 Å². The van der Waals surface area contributed by atoms with Crippen LogP contribution in [0.3, 0.4) is 0 Å². The van der Waals surface area contributed by atoms with E-state index in [1.54, 1.807) is 28.2 Å². The SMILES string of the molecule is Cc1cc(-c2nn(-c3ccccc3F)cc2CN(C)C[C@H]2COCCO2)c(C)s1. The van der Waals surface area contributed by atoms with Gasteiger partial charge in [-0.25, -0.2) is 9.07 Å². The Morgan fingerprint density at radius 3 is 2.79 bits per heavy atom. The average Bonchev–Trinajstić information content (AvgIpc) is 3.25. The third-order valence-electron chi connectivity index (χ3n) is 5.03. The number of hydrogen-bond donors (Lipinski definition) is 0. The number of hydrogen-bond acceptors (Lipinski definition) is 5. The molecule has 1 aliphatic heterocycles. The quantitative estimate of drug-likeness (QED) is 0.605. The number of halogens is 1. The lowest BCUT2D eigenvalue weighted by Gasteiger charge is -2.27. The van der Waals surface area contributed by atoms with Gasteiger partial charge in [0.2, 0.25) is 0 Å². The zero-order valence-electron chi connectivity index (χ0n) is 17.0. The second-order valence-corrected chi connectivity index (χ2v) is 8.95. The molecule has 3 aromatic rings. The average molecular weight is 416 g/mol. The molecule has 0 unspecified atom stereocenters. The molecule has 29 heavy (non-hydrogen) atoms. The Labute approximate surface area is 174 Å². The number of rotatable bonds is 6. The molecule has 0 radical (unpaired) electrons. The minimum absolute atomic E-state index is 0.0731. The number of ether oxygens (including phenoxy) is 2.